The Morgan fingerprint density at radius 3 is 2.70 bits per heavy atom. The van der Waals surface area contributed by atoms with Crippen LogP contribution in [0.1, 0.15) is 51.9 Å². The van der Waals surface area contributed by atoms with Crippen LogP contribution in [0.5, 0.6) is 0 Å². The van der Waals surface area contributed by atoms with Crippen LogP contribution in [0.2, 0.25) is 0 Å². The second-order valence-corrected chi connectivity index (χ2v) is 6.39. The fourth-order valence-electron chi connectivity index (χ4n) is 3.51. The van der Waals surface area contributed by atoms with Crippen molar-refractivity contribution in [3.63, 3.8) is 0 Å². The van der Waals surface area contributed by atoms with Gasteiger partial charge in [-0.25, -0.2) is 4.98 Å². The summed E-state index contributed by atoms with van der Waals surface area (Å²) >= 11 is 0. The Morgan fingerprint density at radius 1 is 1.22 bits per heavy atom. The van der Waals surface area contributed by atoms with E-state index in [1.54, 1.807) is 0 Å². The molecule has 0 saturated heterocycles. The summed E-state index contributed by atoms with van der Waals surface area (Å²) in [5, 5.41) is 4.40. The highest BCUT2D eigenvalue weighted by molar-refractivity contribution is 5.95. The third-order valence-corrected chi connectivity index (χ3v) is 4.70. The van der Waals surface area contributed by atoms with Gasteiger partial charge in [0.15, 0.2) is 5.78 Å². The number of ketones is 1. The minimum Gasteiger partial charge on any atom is -0.368 e. The van der Waals surface area contributed by atoms with Crippen molar-refractivity contribution in [3.05, 3.63) is 24.3 Å². The van der Waals surface area contributed by atoms with E-state index in [1.807, 2.05) is 31.2 Å². The number of Topliss-reactive ketones (excluding diaryl/α,β-unsaturated/α-hetero) is 1. The summed E-state index contributed by atoms with van der Waals surface area (Å²) in [5.41, 5.74) is 6.16. The lowest BCUT2D eigenvalue weighted by Crippen LogP contribution is -2.48. The quantitative estimate of drug-likeness (QED) is 0.880. The van der Waals surface area contributed by atoms with Crippen molar-refractivity contribution in [2.45, 2.75) is 57.4 Å². The lowest BCUT2D eigenvalue weighted by molar-refractivity contribution is -0.124. The zero-order chi connectivity index (χ0) is 16.3. The molecule has 2 aromatic rings. The second-order valence-electron chi connectivity index (χ2n) is 6.39. The van der Waals surface area contributed by atoms with Gasteiger partial charge in [0.25, 0.3) is 0 Å². The summed E-state index contributed by atoms with van der Waals surface area (Å²) in [4.78, 5) is 21.5. The van der Waals surface area contributed by atoms with Gasteiger partial charge >= 0.3 is 0 Å². The molecule has 1 aromatic heterocycles. The number of carbonyl (C=O) groups is 1. The van der Waals surface area contributed by atoms with Crippen LogP contribution in [0, 0.1) is 0 Å². The maximum absolute atomic E-state index is 12.8. The molecule has 1 aliphatic carbocycles. The molecule has 23 heavy (non-hydrogen) atoms. The van der Waals surface area contributed by atoms with Gasteiger partial charge < -0.3 is 11.1 Å². The standard InChI is InChI=1S/C18H24N4O/c1-2-8-15(23)18(11-6-3-7-12-18)22-16-13-9-4-5-10-14(13)20-17(19)21-16/h4-5,9-10H,2-3,6-8,11-12H2,1H3,(H3,19,20,21,22). The molecular weight excluding hydrogens is 288 g/mol. The van der Waals surface area contributed by atoms with Gasteiger partial charge in [-0.15, -0.1) is 0 Å². The molecule has 0 unspecified atom stereocenters. The largest absolute Gasteiger partial charge is 0.368 e. The van der Waals surface area contributed by atoms with Gasteiger partial charge in [-0.1, -0.05) is 38.3 Å². The lowest BCUT2D eigenvalue weighted by Gasteiger charge is -2.37. The predicted octanol–water partition coefficient (Wildman–Crippen LogP) is 3.70. The van der Waals surface area contributed by atoms with E-state index < -0.39 is 5.54 Å². The first-order valence-corrected chi connectivity index (χ1v) is 8.48. The highest BCUT2D eigenvalue weighted by atomic mass is 16.1. The number of hydrogen-bond acceptors (Lipinski definition) is 5. The molecule has 5 nitrogen and oxygen atoms in total. The number of nitrogens with zero attached hydrogens (tertiary/aromatic N) is 2. The molecule has 0 amide bonds. The molecule has 1 heterocycles. The molecule has 1 saturated carbocycles. The number of anilines is 2. The first-order chi connectivity index (χ1) is 11.1. The Hall–Kier alpha value is -2.17. The fraction of sp³-hybridized carbons (Fsp3) is 0.500. The smallest absolute Gasteiger partial charge is 0.222 e. The zero-order valence-electron chi connectivity index (χ0n) is 13.6. The van der Waals surface area contributed by atoms with Crippen LogP contribution < -0.4 is 11.1 Å². The number of fused-ring (bicyclic) bond motifs is 1. The molecule has 3 rings (SSSR count). The van der Waals surface area contributed by atoms with Crippen molar-refractivity contribution in [1.29, 1.82) is 0 Å². The molecular formula is C18H24N4O. The third kappa shape index (κ3) is 3.14. The Kier molecular flexibility index (Phi) is 4.46. The lowest BCUT2D eigenvalue weighted by atomic mass is 9.77. The minimum atomic E-state index is -0.502. The summed E-state index contributed by atoms with van der Waals surface area (Å²) in [5.74, 6) is 1.21. The maximum Gasteiger partial charge on any atom is 0.222 e. The van der Waals surface area contributed by atoms with Gasteiger partial charge in [-0.3, -0.25) is 4.79 Å². The molecule has 3 N–H and O–H groups in total. The maximum atomic E-state index is 12.8. The summed E-state index contributed by atoms with van der Waals surface area (Å²) in [6.45, 7) is 2.05. The first-order valence-electron chi connectivity index (χ1n) is 8.48. The zero-order valence-corrected chi connectivity index (χ0v) is 13.6. The SMILES string of the molecule is CCCC(=O)C1(Nc2nc(N)nc3ccccc23)CCCCC1. The molecule has 0 aliphatic heterocycles. The highest BCUT2D eigenvalue weighted by Crippen LogP contribution is 2.35. The second kappa shape index (κ2) is 6.52. The van der Waals surface area contributed by atoms with Crippen molar-refractivity contribution < 1.29 is 4.79 Å². The average molecular weight is 312 g/mol. The third-order valence-electron chi connectivity index (χ3n) is 4.70. The van der Waals surface area contributed by atoms with Crippen LogP contribution >= 0.6 is 0 Å². The number of aromatic nitrogens is 2. The van der Waals surface area contributed by atoms with Gasteiger partial charge in [0.2, 0.25) is 5.95 Å². The van der Waals surface area contributed by atoms with Gasteiger partial charge in [0.1, 0.15) is 5.82 Å². The molecule has 5 heteroatoms. The van der Waals surface area contributed by atoms with E-state index in [1.165, 1.54) is 6.42 Å². The van der Waals surface area contributed by atoms with E-state index >= 15 is 0 Å². The number of rotatable bonds is 5. The summed E-state index contributed by atoms with van der Waals surface area (Å²) in [7, 11) is 0. The fourth-order valence-corrected chi connectivity index (χ4v) is 3.51. The molecule has 1 fully saturated rings. The van der Waals surface area contributed by atoms with Crippen LogP contribution in [0.15, 0.2) is 24.3 Å². The molecule has 1 aliphatic rings. The Labute approximate surface area is 136 Å². The molecule has 1 aromatic carbocycles. The van der Waals surface area contributed by atoms with E-state index in [2.05, 4.69) is 15.3 Å². The topological polar surface area (TPSA) is 80.9 Å². The highest BCUT2D eigenvalue weighted by Gasteiger charge is 2.39. The summed E-state index contributed by atoms with van der Waals surface area (Å²) in [6, 6.07) is 7.77. The van der Waals surface area contributed by atoms with E-state index in [4.69, 9.17) is 5.73 Å². The van der Waals surface area contributed by atoms with E-state index in [9.17, 15) is 4.79 Å². The van der Waals surface area contributed by atoms with Crippen molar-refractivity contribution in [2.24, 2.45) is 0 Å². The average Bonchev–Trinajstić information content (AvgIpc) is 2.56. The molecule has 0 radical (unpaired) electrons. The van der Waals surface area contributed by atoms with E-state index in [-0.39, 0.29) is 5.95 Å². The minimum absolute atomic E-state index is 0.236. The van der Waals surface area contributed by atoms with Gasteiger partial charge in [-0.2, -0.15) is 4.98 Å². The van der Waals surface area contributed by atoms with Crippen molar-refractivity contribution >= 4 is 28.5 Å². The Morgan fingerprint density at radius 2 is 1.96 bits per heavy atom. The van der Waals surface area contributed by atoms with Crippen LogP contribution in [-0.4, -0.2) is 21.3 Å². The summed E-state index contributed by atoms with van der Waals surface area (Å²) in [6.07, 6.45) is 6.53. The van der Waals surface area contributed by atoms with Gasteiger partial charge in [0.05, 0.1) is 11.1 Å². The number of nitrogens with two attached hydrogens (primary N) is 1. The normalized spacial score (nSPS) is 17.1. The number of benzene rings is 1. The van der Waals surface area contributed by atoms with Crippen LogP contribution in [-0.2, 0) is 4.79 Å². The van der Waals surface area contributed by atoms with E-state index in [0.717, 1.165) is 43.0 Å². The predicted molar refractivity (Wildman–Crippen MR) is 93.3 cm³/mol. The van der Waals surface area contributed by atoms with Gasteiger partial charge in [0, 0.05) is 11.8 Å². The van der Waals surface area contributed by atoms with Crippen LogP contribution in [0.25, 0.3) is 10.9 Å². The number of para-hydroxylation sites is 1. The molecule has 0 spiro atoms. The number of nitrogen functional groups attached to an aromatic ring is 1. The number of nitrogens with one attached hydrogen (secondary N) is 1. The molecule has 0 bridgehead atoms. The molecule has 122 valence electrons. The Balaban J connectivity index is 2.01. The first kappa shape index (κ1) is 15.7. The van der Waals surface area contributed by atoms with Crippen molar-refractivity contribution in [1.82, 2.24) is 9.97 Å². The van der Waals surface area contributed by atoms with Crippen LogP contribution in [0.4, 0.5) is 11.8 Å². The van der Waals surface area contributed by atoms with Crippen molar-refractivity contribution in [3.8, 4) is 0 Å². The van der Waals surface area contributed by atoms with Crippen molar-refractivity contribution in [2.75, 3.05) is 11.1 Å². The van der Waals surface area contributed by atoms with E-state index in [0.29, 0.717) is 18.0 Å². The molecule has 0 atom stereocenters. The van der Waals surface area contributed by atoms with Gasteiger partial charge in [-0.05, 0) is 31.4 Å². The monoisotopic (exact) mass is 312 g/mol. The van der Waals surface area contributed by atoms with Crippen LogP contribution in [0.3, 0.4) is 0 Å². The number of carbonyl (C=O) groups excluding carboxylic acids is 1. The summed E-state index contributed by atoms with van der Waals surface area (Å²) < 4.78 is 0. The Bertz CT molecular complexity index is 707. The number of hydrogen-bond donors (Lipinski definition) is 2.